The lowest BCUT2D eigenvalue weighted by molar-refractivity contribution is -0.132. The molecule has 0 aromatic heterocycles. The van der Waals surface area contributed by atoms with Crippen molar-refractivity contribution in [2.24, 2.45) is 17.8 Å². The molecule has 0 spiro atoms. The summed E-state index contributed by atoms with van der Waals surface area (Å²) in [5.74, 6) is 1.88. The van der Waals surface area contributed by atoms with Gasteiger partial charge in [0.2, 0.25) is 11.8 Å². The molecule has 0 N–H and O–H groups in total. The minimum absolute atomic E-state index is 0.119. The summed E-state index contributed by atoms with van der Waals surface area (Å²) >= 11 is 0. The molecule has 3 atom stereocenters. The maximum atomic E-state index is 12.7. The highest BCUT2D eigenvalue weighted by Crippen LogP contribution is 2.45. The van der Waals surface area contributed by atoms with Crippen LogP contribution in [-0.4, -0.2) is 41.2 Å². The van der Waals surface area contributed by atoms with Gasteiger partial charge in [0.05, 0.1) is 6.04 Å². The van der Waals surface area contributed by atoms with Crippen LogP contribution in [0.3, 0.4) is 0 Å². The minimum Gasteiger partial charge on any atom is -0.342 e. The van der Waals surface area contributed by atoms with E-state index in [0.717, 1.165) is 26.1 Å². The number of amides is 2. The highest BCUT2D eigenvalue weighted by atomic mass is 16.2. The highest BCUT2D eigenvalue weighted by molar-refractivity contribution is 5.77. The van der Waals surface area contributed by atoms with Gasteiger partial charge >= 0.3 is 0 Å². The van der Waals surface area contributed by atoms with Gasteiger partial charge in [-0.3, -0.25) is 9.59 Å². The summed E-state index contributed by atoms with van der Waals surface area (Å²) in [5.41, 5.74) is 1.20. The lowest BCUT2D eigenvalue weighted by Crippen LogP contribution is -2.36. The van der Waals surface area contributed by atoms with Crippen LogP contribution in [0.4, 0.5) is 0 Å². The highest BCUT2D eigenvalue weighted by Gasteiger charge is 2.49. The smallest absolute Gasteiger partial charge is 0.222 e. The second-order valence-electron chi connectivity index (χ2n) is 8.10. The molecule has 0 bridgehead atoms. The summed E-state index contributed by atoms with van der Waals surface area (Å²) < 4.78 is 0. The maximum absolute atomic E-state index is 12.7. The van der Waals surface area contributed by atoms with Gasteiger partial charge in [0.15, 0.2) is 0 Å². The number of fused-ring (bicyclic) bond motifs is 1. The van der Waals surface area contributed by atoms with E-state index in [4.69, 9.17) is 0 Å². The SMILES string of the molecule is CC(=O)N1C[C@H]2CN(C(=O)CC3CCCC3)C[C@H]2[C@H]1c1ccccc1. The Morgan fingerprint density at radius 3 is 2.44 bits per heavy atom. The number of hydrogen-bond acceptors (Lipinski definition) is 2. The summed E-state index contributed by atoms with van der Waals surface area (Å²) in [6, 6.07) is 10.4. The molecule has 1 saturated carbocycles. The first-order chi connectivity index (χ1) is 12.1. The Labute approximate surface area is 150 Å². The van der Waals surface area contributed by atoms with Gasteiger partial charge in [-0.25, -0.2) is 0 Å². The van der Waals surface area contributed by atoms with Gasteiger partial charge < -0.3 is 9.80 Å². The van der Waals surface area contributed by atoms with Crippen molar-refractivity contribution in [3.05, 3.63) is 35.9 Å². The lowest BCUT2D eigenvalue weighted by Gasteiger charge is -2.29. The molecule has 2 saturated heterocycles. The Morgan fingerprint density at radius 2 is 1.76 bits per heavy atom. The van der Waals surface area contributed by atoms with Crippen LogP contribution >= 0.6 is 0 Å². The molecule has 2 amide bonds. The fourth-order valence-electron chi connectivity index (χ4n) is 5.24. The molecule has 4 heteroatoms. The van der Waals surface area contributed by atoms with Gasteiger partial charge in [-0.2, -0.15) is 0 Å². The second kappa shape index (κ2) is 6.81. The molecule has 2 heterocycles. The first-order valence-electron chi connectivity index (χ1n) is 9.73. The third kappa shape index (κ3) is 3.19. The van der Waals surface area contributed by atoms with Crippen molar-refractivity contribution in [1.29, 1.82) is 0 Å². The van der Waals surface area contributed by atoms with E-state index in [1.165, 1.54) is 31.2 Å². The van der Waals surface area contributed by atoms with Crippen LogP contribution < -0.4 is 0 Å². The van der Waals surface area contributed by atoms with Crippen molar-refractivity contribution in [2.75, 3.05) is 19.6 Å². The number of carbonyl (C=O) groups excluding carboxylic acids is 2. The van der Waals surface area contributed by atoms with Crippen LogP contribution in [0.5, 0.6) is 0 Å². The zero-order valence-electron chi connectivity index (χ0n) is 15.1. The van der Waals surface area contributed by atoms with Gasteiger partial charge in [0.1, 0.15) is 0 Å². The number of benzene rings is 1. The zero-order valence-corrected chi connectivity index (χ0v) is 15.1. The molecule has 3 fully saturated rings. The minimum atomic E-state index is 0.119. The number of nitrogens with zero attached hydrogens (tertiary/aromatic N) is 2. The normalized spacial score (nSPS) is 29.2. The summed E-state index contributed by atoms with van der Waals surface area (Å²) in [4.78, 5) is 29.0. The maximum Gasteiger partial charge on any atom is 0.222 e. The topological polar surface area (TPSA) is 40.6 Å². The first kappa shape index (κ1) is 16.6. The third-order valence-corrected chi connectivity index (χ3v) is 6.50. The van der Waals surface area contributed by atoms with Gasteiger partial charge in [-0.05, 0) is 24.3 Å². The predicted octanol–water partition coefficient (Wildman–Crippen LogP) is 3.24. The van der Waals surface area contributed by atoms with Crippen LogP contribution in [0.25, 0.3) is 0 Å². The zero-order chi connectivity index (χ0) is 17.4. The van der Waals surface area contributed by atoms with Gasteiger partial charge in [0.25, 0.3) is 0 Å². The van der Waals surface area contributed by atoms with Crippen molar-refractivity contribution >= 4 is 11.8 Å². The summed E-state index contributed by atoms with van der Waals surface area (Å²) in [7, 11) is 0. The van der Waals surface area contributed by atoms with E-state index in [-0.39, 0.29) is 11.9 Å². The van der Waals surface area contributed by atoms with Crippen molar-refractivity contribution in [2.45, 2.75) is 45.1 Å². The Morgan fingerprint density at radius 1 is 1.04 bits per heavy atom. The lowest BCUT2D eigenvalue weighted by atomic mass is 9.89. The van der Waals surface area contributed by atoms with E-state index in [0.29, 0.717) is 23.7 Å². The standard InChI is InChI=1S/C21H28N2O2/c1-15(24)23-13-18-12-22(20(25)11-16-7-5-6-8-16)14-19(18)21(23)17-9-3-2-4-10-17/h2-4,9-10,16,18-19,21H,5-8,11-14H2,1H3/t18-,19-,21-/m1/s1. The quantitative estimate of drug-likeness (QED) is 0.847. The molecule has 0 radical (unpaired) electrons. The second-order valence-corrected chi connectivity index (χ2v) is 8.10. The van der Waals surface area contributed by atoms with Gasteiger partial charge in [-0.1, -0.05) is 43.2 Å². The fourth-order valence-corrected chi connectivity index (χ4v) is 5.24. The molecule has 1 aromatic rings. The van der Waals surface area contributed by atoms with Crippen LogP contribution in [0.2, 0.25) is 0 Å². The monoisotopic (exact) mass is 340 g/mol. The Balaban J connectivity index is 1.48. The molecule has 1 aromatic carbocycles. The number of carbonyl (C=O) groups is 2. The van der Waals surface area contributed by atoms with Crippen molar-refractivity contribution in [3.63, 3.8) is 0 Å². The molecule has 1 aliphatic carbocycles. The Bertz CT molecular complexity index is 639. The van der Waals surface area contributed by atoms with Gasteiger partial charge in [0, 0.05) is 44.8 Å². The number of likely N-dealkylation sites (tertiary alicyclic amines) is 2. The summed E-state index contributed by atoms with van der Waals surface area (Å²) in [6.45, 7) is 4.08. The van der Waals surface area contributed by atoms with E-state index >= 15 is 0 Å². The van der Waals surface area contributed by atoms with E-state index < -0.39 is 0 Å². The average molecular weight is 340 g/mol. The molecule has 4 rings (SSSR count). The van der Waals surface area contributed by atoms with Crippen LogP contribution in [0.1, 0.15) is 50.6 Å². The first-order valence-corrected chi connectivity index (χ1v) is 9.73. The molecule has 4 nitrogen and oxygen atoms in total. The van der Waals surface area contributed by atoms with Crippen molar-refractivity contribution in [1.82, 2.24) is 9.80 Å². The van der Waals surface area contributed by atoms with Crippen molar-refractivity contribution in [3.8, 4) is 0 Å². The molecule has 2 aliphatic heterocycles. The van der Waals surface area contributed by atoms with E-state index in [2.05, 4.69) is 17.0 Å². The molecule has 3 aliphatic rings. The molecular weight excluding hydrogens is 312 g/mol. The third-order valence-electron chi connectivity index (χ3n) is 6.50. The fraction of sp³-hybridized carbons (Fsp3) is 0.619. The van der Waals surface area contributed by atoms with E-state index in [9.17, 15) is 9.59 Å². The predicted molar refractivity (Wildman–Crippen MR) is 96.7 cm³/mol. The molecule has 0 unspecified atom stereocenters. The van der Waals surface area contributed by atoms with Crippen molar-refractivity contribution < 1.29 is 9.59 Å². The molecular formula is C21H28N2O2. The summed E-state index contributed by atoms with van der Waals surface area (Å²) in [5, 5.41) is 0. The van der Waals surface area contributed by atoms with Crippen LogP contribution in [0, 0.1) is 17.8 Å². The number of rotatable bonds is 3. The Hall–Kier alpha value is -1.84. The average Bonchev–Trinajstić information content (AvgIpc) is 3.30. The van der Waals surface area contributed by atoms with E-state index in [1.807, 2.05) is 23.1 Å². The largest absolute Gasteiger partial charge is 0.342 e. The number of hydrogen-bond donors (Lipinski definition) is 0. The molecule has 134 valence electrons. The van der Waals surface area contributed by atoms with Crippen LogP contribution in [-0.2, 0) is 9.59 Å². The molecule has 25 heavy (non-hydrogen) atoms. The van der Waals surface area contributed by atoms with Crippen LogP contribution in [0.15, 0.2) is 30.3 Å². The summed E-state index contributed by atoms with van der Waals surface area (Å²) in [6.07, 6.45) is 5.74. The Kier molecular flexibility index (Phi) is 4.53. The van der Waals surface area contributed by atoms with Gasteiger partial charge in [-0.15, -0.1) is 0 Å². The van der Waals surface area contributed by atoms with E-state index in [1.54, 1.807) is 6.92 Å².